The molecule has 0 amide bonds. The SMILES string of the molecule is Clc1cccc(Cl)c1-c1cc(Br)on1. The maximum atomic E-state index is 5.99. The molecule has 0 spiro atoms. The van der Waals surface area contributed by atoms with E-state index in [1.807, 2.05) is 0 Å². The largest absolute Gasteiger partial charge is 0.349 e. The number of benzene rings is 1. The van der Waals surface area contributed by atoms with Crippen molar-refractivity contribution < 1.29 is 4.52 Å². The molecule has 0 saturated carbocycles. The van der Waals surface area contributed by atoms with E-state index in [4.69, 9.17) is 27.7 Å². The Bertz CT molecular complexity index is 449. The van der Waals surface area contributed by atoms with Crippen LogP contribution in [0.1, 0.15) is 0 Å². The van der Waals surface area contributed by atoms with Crippen LogP contribution in [0.15, 0.2) is 33.5 Å². The smallest absolute Gasteiger partial charge is 0.202 e. The van der Waals surface area contributed by atoms with Crippen LogP contribution >= 0.6 is 39.1 Å². The summed E-state index contributed by atoms with van der Waals surface area (Å²) in [4.78, 5) is 0. The second-order valence-electron chi connectivity index (χ2n) is 2.61. The van der Waals surface area contributed by atoms with Crippen molar-refractivity contribution in [3.8, 4) is 11.3 Å². The summed E-state index contributed by atoms with van der Waals surface area (Å²) in [5, 5.41) is 4.92. The summed E-state index contributed by atoms with van der Waals surface area (Å²) in [7, 11) is 0. The second-order valence-corrected chi connectivity index (χ2v) is 4.21. The zero-order chi connectivity index (χ0) is 10.1. The molecule has 2 rings (SSSR count). The Kier molecular flexibility index (Phi) is 2.81. The van der Waals surface area contributed by atoms with Crippen LogP contribution in [0.3, 0.4) is 0 Å². The lowest BCUT2D eigenvalue weighted by Gasteiger charge is -2.01. The van der Waals surface area contributed by atoms with Gasteiger partial charge in [0.05, 0.1) is 10.0 Å². The molecule has 2 nitrogen and oxygen atoms in total. The lowest BCUT2D eigenvalue weighted by molar-refractivity contribution is 0.402. The summed E-state index contributed by atoms with van der Waals surface area (Å²) in [5.41, 5.74) is 1.30. The van der Waals surface area contributed by atoms with Crippen LogP contribution < -0.4 is 0 Å². The molecule has 0 N–H and O–H groups in total. The number of hydrogen-bond donors (Lipinski definition) is 0. The Labute approximate surface area is 98.9 Å². The number of nitrogens with zero attached hydrogens (tertiary/aromatic N) is 1. The minimum Gasteiger partial charge on any atom is -0.349 e. The molecule has 0 saturated heterocycles. The Morgan fingerprint density at radius 2 is 1.86 bits per heavy atom. The van der Waals surface area contributed by atoms with Gasteiger partial charge in [0.1, 0.15) is 5.69 Å². The van der Waals surface area contributed by atoms with Crippen LogP contribution in [0.25, 0.3) is 11.3 Å². The van der Waals surface area contributed by atoms with Crippen LogP contribution in [-0.2, 0) is 0 Å². The van der Waals surface area contributed by atoms with Crippen molar-refractivity contribution in [2.45, 2.75) is 0 Å². The zero-order valence-corrected chi connectivity index (χ0v) is 9.90. The first kappa shape index (κ1) is 10.0. The van der Waals surface area contributed by atoms with Crippen molar-refractivity contribution in [1.82, 2.24) is 5.16 Å². The van der Waals surface area contributed by atoms with Crippen LogP contribution in [0, 0.1) is 0 Å². The first-order valence-corrected chi connectivity index (χ1v) is 5.30. The van der Waals surface area contributed by atoms with Crippen LogP contribution in [-0.4, -0.2) is 5.16 Å². The molecule has 0 radical (unpaired) electrons. The summed E-state index contributed by atoms with van der Waals surface area (Å²) < 4.78 is 5.42. The van der Waals surface area contributed by atoms with Crippen molar-refractivity contribution in [3.63, 3.8) is 0 Å². The summed E-state index contributed by atoms with van der Waals surface area (Å²) in [6.45, 7) is 0. The number of rotatable bonds is 1. The van der Waals surface area contributed by atoms with Crippen LogP contribution in [0.2, 0.25) is 10.0 Å². The zero-order valence-electron chi connectivity index (χ0n) is 6.80. The molecule has 2 aromatic rings. The van der Waals surface area contributed by atoms with E-state index in [-0.39, 0.29) is 0 Å². The third-order valence-electron chi connectivity index (χ3n) is 1.70. The van der Waals surface area contributed by atoms with Gasteiger partial charge in [0.2, 0.25) is 4.67 Å². The molecule has 0 aliphatic rings. The van der Waals surface area contributed by atoms with E-state index in [1.54, 1.807) is 24.3 Å². The van der Waals surface area contributed by atoms with Gasteiger partial charge in [-0.3, -0.25) is 0 Å². The Hall–Kier alpha value is -0.510. The van der Waals surface area contributed by atoms with Crippen molar-refractivity contribution in [2.24, 2.45) is 0 Å². The molecule has 0 bridgehead atoms. The maximum Gasteiger partial charge on any atom is 0.202 e. The van der Waals surface area contributed by atoms with Gasteiger partial charge in [-0.05, 0) is 28.1 Å². The molecule has 0 unspecified atom stereocenters. The van der Waals surface area contributed by atoms with E-state index in [0.717, 1.165) is 0 Å². The number of halogens is 3. The molecule has 1 heterocycles. The van der Waals surface area contributed by atoms with Gasteiger partial charge in [-0.25, -0.2) is 0 Å². The van der Waals surface area contributed by atoms with Crippen molar-refractivity contribution in [1.29, 1.82) is 0 Å². The quantitative estimate of drug-likeness (QED) is 0.778. The molecule has 1 aromatic heterocycles. The lowest BCUT2D eigenvalue weighted by Crippen LogP contribution is -1.80. The molecule has 0 atom stereocenters. The molecule has 1 aromatic carbocycles. The average Bonchev–Trinajstić information content (AvgIpc) is 2.51. The first-order chi connectivity index (χ1) is 6.68. The lowest BCUT2D eigenvalue weighted by atomic mass is 10.1. The van der Waals surface area contributed by atoms with E-state index < -0.39 is 0 Å². The maximum absolute atomic E-state index is 5.99. The molecular weight excluding hydrogens is 289 g/mol. The molecule has 72 valence electrons. The summed E-state index contributed by atoms with van der Waals surface area (Å²) >= 11 is 15.1. The fraction of sp³-hybridized carbons (Fsp3) is 0. The molecule has 5 heteroatoms. The van der Waals surface area contributed by atoms with Gasteiger partial charge >= 0.3 is 0 Å². The van der Waals surface area contributed by atoms with Gasteiger partial charge < -0.3 is 4.52 Å². The van der Waals surface area contributed by atoms with E-state index >= 15 is 0 Å². The van der Waals surface area contributed by atoms with Crippen molar-refractivity contribution in [2.75, 3.05) is 0 Å². The predicted octanol–water partition coefficient (Wildman–Crippen LogP) is 4.41. The highest BCUT2D eigenvalue weighted by Crippen LogP contribution is 2.34. The van der Waals surface area contributed by atoms with Gasteiger partial charge in [-0.1, -0.05) is 34.4 Å². The monoisotopic (exact) mass is 291 g/mol. The number of aromatic nitrogens is 1. The van der Waals surface area contributed by atoms with E-state index in [0.29, 0.717) is 26.0 Å². The van der Waals surface area contributed by atoms with E-state index in [2.05, 4.69) is 21.1 Å². The fourth-order valence-corrected chi connectivity index (χ4v) is 1.99. The minimum absolute atomic E-state index is 0.545. The number of hydrogen-bond acceptors (Lipinski definition) is 2. The third kappa shape index (κ3) is 1.80. The molecule has 0 aliphatic heterocycles. The topological polar surface area (TPSA) is 26.0 Å². The summed E-state index contributed by atoms with van der Waals surface area (Å²) in [6.07, 6.45) is 0. The second kappa shape index (κ2) is 3.93. The Morgan fingerprint density at radius 1 is 1.21 bits per heavy atom. The van der Waals surface area contributed by atoms with Crippen LogP contribution in [0.5, 0.6) is 0 Å². The van der Waals surface area contributed by atoms with Crippen molar-refractivity contribution in [3.05, 3.63) is 39.0 Å². The van der Waals surface area contributed by atoms with Gasteiger partial charge in [0.25, 0.3) is 0 Å². The van der Waals surface area contributed by atoms with Crippen molar-refractivity contribution >= 4 is 39.1 Å². The highest BCUT2D eigenvalue weighted by Gasteiger charge is 2.12. The Balaban J connectivity index is 2.61. The van der Waals surface area contributed by atoms with Gasteiger partial charge in [0.15, 0.2) is 0 Å². The standard InChI is InChI=1S/C9H4BrCl2NO/c10-8-4-7(13-14-8)9-5(11)2-1-3-6(9)12/h1-4H. The van der Waals surface area contributed by atoms with E-state index in [9.17, 15) is 0 Å². The fourth-order valence-electron chi connectivity index (χ4n) is 1.11. The Morgan fingerprint density at radius 3 is 2.36 bits per heavy atom. The van der Waals surface area contributed by atoms with Gasteiger partial charge in [0, 0.05) is 11.6 Å². The highest BCUT2D eigenvalue weighted by atomic mass is 79.9. The molecule has 0 aliphatic carbocycles. The van der Waals surface area contributed by atoms with Crippen LogP contribution in [0.4, 0.5) is 0 Å². The third-order valence-corrected chi connectivity index (χ3v) is 2.70. The normalized spacial score (nSPS) is 10.5. The minimum atomic E-state index is 0.545. The molecular formula is C9H4BrCl2NO. The van der Waals surface area contributed by atoms with Gasteiger partial charge in [-0.2, -0.15) is 0 Å². The summed E-state index contributed by atoms with van der Waals surface area (Å²) in [5.74, 6) is 0. The summed E-state index contributed by atoms with van der Waals surface area (Å²) in [6, 6.07) is 7.01. The average molecular weight is 293 g/mol. The molecule has 14 heavy (non-hydrogen) atoms. The molecule has 0 fully saturated rings. The predicted molar refractivity (Wildman–Crippen MR) is 59.7 cm³/mol. The first-order valence-electron chi connectivity index (χ1n) is 3.75. The highest BCUT2D eigenvalue weighted by molar-refractivity contribution is 9.10. The van der Waals surface area contributed by atoms with Gasteiger partial charge in [-0.15, -0.1) is 0 Å². The van der Waals surface area contributed by atoms with E-state index in [1.165, 1.54) is 0 Å².